The predicted molar refractivity (Wildman–Crippen MR) is 141 cm³/mol. The number of fused-ring (bicyclic) bond motifs is 1. The molecule has 0 saturated carbocycles. The number of nitrogens with zero attached hydrogens (tertiary/aromatic N) is 1. The maximum atomic E-state index is 14.1. The van der Waals surface area contributed by atoms with Gasteiger partial charge in [-0.2, -0.15) is 13.2 Å². The summed E-state index contributed by atoms with van der Waals surface area (Å²) >= 11 is 0. The average molecular weight is 562 g/mol. The van der Waals surface area contributed by atoms with Gasteiger partial charge in [0.05, 0.1) is 12.2 Å². The Kier molecular flexibility index (Phi) is 8.40. The van der Waals surface area contributed by atoms with Crippen molar-refractivity contribution in [3.05, 3.63) is 94.3 Å². The summed E-state index contributed by atoms with van der Waals surface area (Å²) in [6.07, 6.45) is -2.16. The van der Waals surface area contributed by atoms with Crippen molar-refractivity contribution in [2.75, 3.05) is 26.3 Å². The summed E-state index contributed by atoms with van der Waals surface area (Å²) in [5, 5.41) is 0. The Hall–Kier alpha value is -3.46. The third-order valence-electron chi connectivity index (χ3n) is 7.50. The fourth-order valence-electron chi connectivity index (χ4n) is 5.70. The van der Waals surface area contributed by atoms with Crippen molar-refractivity contribution in [3.8, 4) is 11.5 Å². The molecule has 1 saturated heterocycles. The van der Waals surface area contributed by atoms with E-state index < -0.39 is 17.6 Å². The molecule has 40 heavy (non-hydrogen) atoms. The molecule has 1 aliphatic heterocycles. The van der Waals surface area contributed by atoms with Gasteiger partial charge < -0.3 is 4.74 Å². The Labute approximate surface area is 228 Å². The molecule has 2 aliphatic rings. The van der Waals surface area contributed by atoms with Crippen LogP contribution in [-0.2, 0) is 12.6 Å². The van der Waals surface area contributed by atoms with E-state index in [1.165, 1.54) is 12.1 Å². The summed E-state index contributed by atoms with van der Waals surface area (Å²) < 4.78 is 87.8. The first kappa shape index (κ1) is 28.1. The molecule has 0 amide bonds. The minimum absolute atomic E-state index is 0.0141. The molecule has 9 heteroatoms. The van der Waals surface area contributed by atoms with E-state index in [0.29, 0.717) is 72.9 Å². The predicted octanol–water partition coefficient (Wildman–Crippen LogP) is 8.22. The van der Waals surface area contributed by atoms with E-state index in [1.54, 1.807) is 36.4 Å². The zero-order chi connectivity index (χ0) is 28.3. The molecule has 0 radical (unpaired) electrons. The molecule has 3 aromatic carbocycles. The summed E-state index contributed by atoms with van der Waals surface area (Å²) in [5.41, 5.74) is 1.96. The second-order valence-corrected chi connectivity index (χ2v) is 10.2. The first-order chi connectivity index (χ1) is 19.3. The van der Waals surface area contributed by atoms with Gasteiger partial charge in [-0.15, -0.1) is 0 Å². The molecule has 1 aliphatic carbocycles. The minimum atomic E-state index is -4.76. The van der Waals surface area contributed by atoms with Crippen LogP contribution in [0.4, 0.5) is 26.5 Å². The number of hydrogen-bond acceptors (Lipinski definition) is 3. The smallest absolute Gasteiger partial charge is 0.417 e. The topological polar surface area (TPSA) is 21.7 Å². The molecule has 0 bridgehead atoms. The van der Waals surface area contributed by atoms with E-state index in [0.717, 1.165) is 24.6 Å². The lowest BCUT2D eigenvalue weighted by molar-refractivity contribution is -0.138. The Morgan fingerprint density at radius 1 is 0.900 bits per heavy atom. The van der Waals surface area contributed by atoms with Crippen LogP contribution in [0.15, 0.2) is 60.7 Å². The van der Waals surface area contributed by atoms with Gasteiger partial charge in [0.25, 0.3) is 0 Å². The van der Waals surface area contributed by atoms with E-state index in [9.17, 15) is 26.5 Å². The van der Waals surface area contributed by atoms with Gasteiger partial charge in [-0.25, -0.2) is 4.39 Å². The van der Waals surface area contributed by atoms with Gasteiger partial charge in [0.2, 0.25) is 0 Å². The number of halogens is 6. The van der Waals surface area contributed by atoms with Crippen LogP contribution in [0.5, 0.6) is 11.5 Å². The summed E-state index contributed by atoms with van der Waals surface area (Å²) in [7, 11) is 0. The second kappa shape index (κ2) is 12.0. The highest BCUT2D eigenvalue weighted by Crippen LogP contribution is 2.45. The van der Waals surface area contributed by atoms with Crippen molar-refractivity contribution in [2.45, 2.75) is 44.4 Å². The normalized spacial score (nSPS) is 18.0. The highest BCUT2D eigenvalue weighted by molar-refractivity contribution is 6.00. The van der Waals surface area contributed by atoms with Crippen LogP contribution in [0.2, 0.25) is 0 Å². The van der Waals surface area contributed by atoms with Crippen LogP contribution in [0.3, 0.4) is 0 Å². The monoisotopic (exact) mass is 561 g/mol. The third kappa shape index (κ3) is 6.14. The van der Waals surface area contributed by atoms with Crippen LogP contribution >= 0.6 is 0 Å². The molecule has 3 nitrogen and oxygen atoms in total. The van der Waals surface area contributed by atoms with Gasteiger partial charge in [0.1, 0.15) is 17.7 Å². The van der Waals surface area contributed by atoms with Crippen molar-refractivity contribution in [1.29, 1.82) is 0 Å². The van der Waals surface area contributed by atoms with Gasteiger partial charge >= 0.3 is 6.18 Å². The maximum absolute atomic E-state index is 14.1. The Morgan fingerprint density at radius 3 is 2.38 bits per heavy atom. The van der Waals surface area contributed by atoms with Gasteiger partial charge in [-0.1, -0.05) is 24.3 Å². The Morgan fingerprint density at radius 2 is 1.65 bits per heavy atom. The Bertz CT molecular complexity index is 1370. The molecule has 212 valence electrons. The van der Waals surface area contributed by atoms with Crippen molar-refractivity contribution >= 4 is 11.1 Å². The Balaban J connectivity index is 1.55. The third-order valence-corrected chi connectivity index (χ3v) is 7.50. The van der Waals surface area contributed by atoms with Gasteiger partial charge in [-0.3, -0.25) is 14.2 Å². The van der Waals surface area contributed by atoms with Crippen molar-refractivity contribution in [1.82, 2.24) is 4.90 Å². The number of likely N-dealkylation sites (tertiary alicyclic amines) is 1. The van der Waals surface area contributed by atoms with E-state index >= 15 is 0 Å². The van der Waals surface area contributed by atoms with Crippen molar-refractivity contribution < 1.29 is 36.2 Å². The molecular formula is C31H29F6NO2. The number of hydrogen-bond donors (Lipinski definition) is 0. The fraction of sp³-hybridized carbons (Fsp3) is 0.355. The SMILES string of the molecule is FCCCN1CC[C@H](Oc2ccc(C3=C(c4ccc(F)cc4C(F)(F)F)CCCc4cc(OF)ccc43)cc2)C1. The number of benzene rings is 3. The fourth-order valence-corrected chi connectivity index (χ4v) is 5.70. The summed E-state index contributed by atoms with van der Waals surface area (Å²) in [6, 6.07) is 14.5. The number of ether oxygens (including phenoxy) is 1. The highest BCUT2D eigenvalue weighted by Gasteiger charge is 2.36. The first-order valence-corrected chi connectivity index (χ1v) is 13.3. The lowest BCUT2D eigenvalue weighted by atomic mass is 9.86. The van der Waals surface area contributed by atoms with Gasteiger partial charge in [0, 0.05) is 24.2 Å². The molecule has 3 aromatic rings. The van der Waals surface area contributed by atoms with E-state index in [-0.39, 0.29) is 24.1 Å². The van der Waals surface area contributed by atoms with Gasteiger partial charge in [0.15, 0.2) is 5.75 Å². The summed E-state index contributed by atoms with van der Waals surface area (Å²) in [5.74, 6) is -0.329. The lowest BCUT2D eigenvalue weighted by Crippen LogP contribution is -2.26. The molecule has 1 heterocycles. The molecule has 5 rings (SSSR count). The van der Waals surface area contributed by atoms with Crippen molar-refractivity contribution in [3.63, 3.8) is 0 Å². The summed E-state index contributed by atoms with van der Waals surface area (Å²) in [6.45, 7) is 1.87. The van der Waals surface area contributed by atoms with Crippen LogP contribution in [-0.4, -0.2) is 37.3 Å². The number of rotatable bonds is 8. The average Bonchev–Trinajstić information content (AvgIpc) is 3.30. The molecular weight excluding hydrogens is 532 g/mol. The van der Waals surface area contributed by atoms with Crippen LogP contribution in [0.25, 0.3) is 11.1 Å². The maximum Gasteiger partial charge on any atom is 0.417 e. The molecule has 1 fully saturated rings. The van der Waals surface area contributed by atoms with Crippen LogP contribution in [0, 0.1) is 5.82 Å². The minimum Gasteiger partial charge on any atom is -0.489 e. The molecule has 0 spiro atoms. The second-order valence-electron chi connectivity index (χ2n) is 10.2. The van der Waals surface area contributed by atoms with Gasteiger partial charge in [-0.05, 0) is 102 Å². The zero-order valence-electron chi connectivity index (χ0n) is 21.7. The van der Waals surface area contributed by atoms with E-state index in [1.807, 2.05) is 0 Å². The lowest BCUT2D eigenvalue weighted by Gasteiger charge is -2.21. The van der Waals surface area contributed by atoms with E-state index in [4.69, 9.17) is 4.74 Å². The number of alkyl halides is 4. The largest absolute Gasteiger partial charge is 0.489 e. The highest BCUT2D eigenvalue weighted by atomic mass is 19.4. The number of aryl methyl sites for hydroxylation is 1. The molecule has 1 atom stereocenters. The molecule has 0 aromatic heterocycles. The zero-order valence-corrected chi connectivity index (χ0v) is 21.7. The summed E-state index contributed by atoms with van der Waals surface area (Å²) in [4.78, 5) is 6.07. The number of allylic oxidation sites excluding steroid dienone is 1. The quantitative estimate of drug-likeness (QED) is 0.259. The molecule has 0 unspecified atom stereocenters. The first-order valence-electron chi connectivity index (χ1n) is 13.3. The standard InChI is InChI=1S/C31H29F6NO2/c32-14-2-15-38-16-13-25(19-38)39-23-8-5-20(6-9-23)30-26-12-10-24(40-37)17-21(26)3-1-4-28(30)27-11-7-22(33)18-29(27)31(34,35)36/h5-12,17-18,25H,1-4,13-16,19H2/t25-/m0/s1. The van der Waals surface area contributed by atoms with Crippen LogP contribution in [0.1, 0.15) is 53.5 Å². The van der Waals surface area contributed by atoms with Crippen LogP contribution < -0.4 is 9.68 Å². The molecule has 0 N–H and O–H groups in total. The van der Waals surface area contributed by atoms with E-state index in [2.05, 4.69) is 9.84 Å². The van der Waals surface area contributed by atoms with Crippen molar-refractivity contribution in [2.24, 2.45) is 0 Å².